The van der Waals surface area contributed by atoms with Crippen LogP contribution in [0.4, 0.5) is 0 Å². The molecule has 1 saturated heterocycles. The molecule has 1 amide bonds. The van der Waals surface area contributed by atoms with Gasteiger partial charge in [-0.15, -0.1) is 0 Å². The molecule has 0 spiro atoms. The Bertz CT molecular complexity index is 380. The number of aromatic nitrogens is 1. The fraction of sp³-hybridized carbons (Fsp3) is 0.400. The summed E-state index contributed by atoms with van der Waals surface area (Å²) in [4.78, 5) is 15.7. The molecule has 0 atom stereocenters. The number of carbonyl (C=O) groups excluding carboxylic acids is 1. The molecule has 0 unspecified atom stereocenters. The lowest BCUT2D eigenvalue weighted by Gasteiger charge is -2.26. The number of halogens is 1. The van der Waals surface area contributed by atoms with Gasteiger partial charge in [-0.3, -0.25) is 10.2 Å². The number of ether oxygens (including phenoxy) is 1. The lowest BCUT2D eigenvalue weighted by atomic mass is 10.3. The number of hydrogen-bond acceptors (Lipinski definition) is 4. The van der Waals surface area contributed by atoms with Crippen LogP contribution in [0.5, 0.6) is 0 Å². The predicted octanol–water partition coefficient (Wildman–Crippen LogP) is 0.712. The maximum Gasteiger partial charge on any atom is 0.284 e. The van der Waals surface area contributed by atoms with Crippen molar-refractivity contribution in [3.8, 4) is 0 Å². The average Bonchev–Trinajstić information content (AvgIpc) is 2.30. The Morgan fingerprint density at radius 2 is 2.19 bits per heavy atom. The SMILES string of the molecule is O=C(NN1CCOCC1)c1cccc(Cl)n1. The Morgan fingerprint density at radius 3 is 2.88 bits per heavy atom. The number of hydrogen-bond donors (Lipinski definition) is 1. The number of nitrogens with zero attached hydrogens (tertiary/aromatic N) is 2. The Morgan fingerprint density at radius 1 is 1.44 bits per heavy atom. The molecule has 2 rings (SSSR count). The van der Waals surface area contributed by atoms with Crippen molar-refractivity contribution in [1.82, 2.24) is 15.4 Å². The van der Waals surface area contributed by atoms with E-state index >= 15 is 0 Å². The number of rotatable bonds is 2. The molecular weight excluding hydrogens is 230 g/mol. The molecule has 1 aromatic heterocycles. The lowest BCUT2D eigenvalue weighted by Crippen LogP contribution is -2.48. The maximum absolute atomic E-state index is 11.8. The Labute approximate surface area is 98.3 Å². The standard InChI is InChI=1S/C10H12ClN3O2/c11-9-3-1-2-8(12-9)10(15)13-14-4-6-16-7-5-14/h1-3H,4-7H2,(H,13,15). The number of carbonyl (C=O) groups is 1. The largest absolute Gasteiger partial charge is 0.379 e. The molecule has 1 aliphatic heterocycles. The summed E-state index contributed by atoms with van der Waals surface area (Å²) in [5.41, 5.74) is 3.07. The fourth-order valence-electron chi connectivity index (χ4n) is 1.41. The van der Waals surface area contributed by atoms with Crippen molar-refractivity contribution in [1.29, 1.82) is 0 Å². The third kappa shape index (κ3) is 2.91. The van der Waals surface area contributed by atoms with Crippen molar-refractivity contribution < 1.29 is 9.53 Å². The predicted molar refractivity (Wildman–Crippen MR) is 59.1 cm³/mol. The second-order valence-electron chi connectivity index (χ2n) is 3.39. The Kier molecular flexibility index (Phi) is 3.71. The van der Waals surface area contributed by atoms with Gasteiger partial charge in [0.2, 0.25) is 0 Å². The van der Waals surface area contributed by atoms with Gasteiger partial charge in [0.05, 0.1) is 13.2 Å². The van der Waals surface area contributed by atoms with Crippen LogP contribution >= 0.6 is 11.6 Å². The third-order valence-electron chi connectivity index (χ3n) is 2.22. The van der Waals surface area contributed by atoms with Crippen LogP contribution in [-0.2, 0) is 4.74 Å². The zero-order valence-corrected chi connectivity index (χ0v) is 9.41. The minimum absolute atomic E-state index is 0.246. The van der Waals surface area contributed by atoms with Crippen molar-refractivity contribution in [3.63, 3.8) is 0 Å². The van der Waals surface area contributed by atoms with E-state index < -0.39 is 0 Å². The summed E-state index contributed by atoms with van der Waals surface area (Å²) in [6, 6.07) is 4.96. The van der Waals surface area contributed by atoms with Gasteiger partial charge in [-0.25, -0.2) is 9.99 Å². The van der Waals surface area contributed by atoms with E-state index in [0.29, 0.717) is 37.2 Å². The smallest absolute Gasteiger partial charge is 0.284 e. The molecule has 1 N–H and O–H groups in total. The van der Waals surface area contributed by atoms with E-state index in [4.69, 9.17) is 16.3 Å². The zero-order valence-electron chi connectivity index (χ0n) is 8.65. The average molecular weight is 242 g/mol. The first kappa shape index (κ1) is 11.3. The van der Waals surface area contributed by atoms with E-state index in [1.165, 1.54) is 0 Å². The number of morpholine rings is 1. The van der Waals surface area contributed by atoms with E-state index in [1.807, 2.05) is 5.01 Å². The van der Waals surface area contributed by atoms with Crippen LogP contribution in [0.3, 0.4) is 0 Å². The lowest BCUT2D eigenvalue weighted by molar-refractivity contribution is 0.0124. The summed E-state index contributed by atoms with van der Waals surface area (Å²) < 4.78 is 5.18. The Hall–Kier alpha value is -1.17. The van der Waals surface area contributed by atoms with Gasteiger partial charge in [0, 0.05) is 13.1 Å². The molecular formula is C10H12ClN3O2. The highest BCUT2D eigenvalue weighted by Gasteiger charge is 2.14. The molecule has 2 heterocycles. The summed E-state index contributed by atoms with van der Waals surface area (Å²) in [5.74, 6) is -0.246. The van der Waals surface area contributed by atoms with E-state index in [1.54, 1.807) is 18.2 Å². The number of amides is 1. The van der Waals surface area contributed by atoms with E-state index in [2.05, 4.69) is 10.4 Å². The molecule has 5 nitrogen and oxygen atoms in total. The first-order valence-electron chi connectivity index (χ1n) is 5.02. The molecule has 1 fully saturated rings. The number of pyridine rings is 1. The van der Waals surface area contributed by atoms with Crippen LogP contribution in [0.15, 0.2) is 18.2 Å². The summed E-state index contributed by atoms with van der Waals surface area (Å²) in [6.07, 6.45) is 0. The first-order chi connectivity index (χ1) is 7.75. The molecule has 1 aromatic rings. The van der Waals surface area contributed by atoms with Gasteiger partial charge in [-0.05, 0) is 12.1 Å². The molecule has 6 heteroatoms. The molecule has 0 aromatic carbocycles. The number of hydrazine groups is 1. The quantitative estimate of drug-likeness (QED) is 0.775. The summed E-state index contributed by atoms with van der Waals surface area (Å²) >= 11 is 5.71. The molecule has 1 aliphatic rings. The highest BCUT2D eigenvalue weighted by molar-refractivity contribution is 6.29. The molecule has 0 aliphatic carbocycles. The number of nitrogens with one attached hydrogen (secondary N) is 1. The van der Waals surface area contributed by atoms with Crippen LogP contribution in [0.1, 0.15) is 10.5 Å². The van der Waals surface area contributed by atoms with Gasteiger partial charge in [-0.2, -0.15) is 0 Å². The van der Waals surface area contributed by atoms with Gasteiger partial charge in [0.15, 0.2) is 0 Å². The van der Waals surface area contributed by atoms with Gasteiger partial charge in [0.1, 0.15) is 10.8 Å². The van der Waals surface area contributed by atoms with E-state index in [0.717, 1.165) is 0 Å². The van der Waals surface area contributed by atoms with Crippen molar-refractivity contribution in [2.75, 3.05) is 26.3 Å². The minimum atomic E-state index is -0.246. The van der Waals surface area contributed by atoms with Crippen LogP contribution in [0.2, 0.25) is 5.15 Å². The molecule has 0 saturated carbocycles. The van der Waals surface area contributed by atoms with Crippen LogP contribution < -0.4 is 5.43 Å². The van der Waals surface area contributed by atoms with Crippen LogP contribution in [-0.4, -0.2) is 42.2 Å². The fourth-order valence-corrected chi connectivity index (χ4v) is 1.57. The summed E-state index contributed by atoms with van der Waals surface area (Å²) in [6.45, 7) is 2.63. The molecule has 0 bridgehead atoms. The minimum Gasteiger partial charge on any atom is -0.379 e. The topological polar surface area (TPSA) is 54.5 Å². The molecule has 0 radical (unpaired) electrons. The Balaban J connectivity index is 1.97. The zero-order chi connectivity index (χ0) is 11.4. The highest BCUT2D eigenvalue weighted by atomic mass is 35.5. The van der Waals surface area contributed by atoms with Crippen molar-refractivity contribution in [2.45, 2.75) is 0 Å². The maximum atomic E-state index is 11.8. The van der Waals surface area contributed by atoms with Crippen molar-refractivity contribution in [2.24, 2.45) is 0 Å². The van der Waals surface area contributed by atoms with Crippen molar-refractivity contribution >= 4 is 17.5 Å². The first-order valence-corrected chi connectivity index (χ1v) is 5.40. The molecule has 86 valence electrons. The van der Waals surface area contributed by atoms with E-state index in [9.17, 15) is 4.79 Å². The second-order valence-corrected chi connectivity index (χ2v) is 3.77. The van der Waals surface area contributed by atoms with Crippen molar-refractivity contribution in [3.05, 3.63) is 29.0 Å². The van der Waals surface area contributed by atoms with E-state index in [-0.39, 0.29) is 5.91 Å². The second kappa shape index (κ2) is 5.25. The highest BCUT2D eigenvalue weighted by Crippen LogP contribution is 2.05. The monoisotopic (exact) mass is 241 g/mol. The van der Waals surface area contributed by atoms with Gasteiger partial charge in [0.25, 0.3) is 5.91 Å². The third-order valence-corrected chi connectivity index (χ3v) is 2.43. The van der Waals surface area contributed by atoms with Gasteiger partial charge in [-0.1, -0.05) is 17.7 Å². The molecule has 16 heavy (non-hydrogen) atoms. The normalized spacial score (nSPS) is 17.1. The summed E-state index contributed by atoms with van der Waals surface area (Å²) in [7, 11) is 0. The van der Waals surface area contributed by atoms with Crippen LogP contribution in [0, 0.1) is 0 Å². The van der Waals surface area contributed by atoms with Crippen LogP contribution in [0.25, 0.3) is 0 Å². The van der Waals surface area contributed by atoms with Gasteiger partial charge < -0.3 is 4.74 Å². The van der Waals surface area contributed by atoms with Gasteiger partial charge >= 0.3 is 0 Å². The summed E-state index contributed by atoms with van der Waals surface area (Å²) in [5, 5.41) is 2.13.